The quantitative estimate of drug-likeness (QED) is 0.713. The molecule has 4 heteroatoms. The number of hydrogen-bond donors (Lipinski definition) is 1. The summed E-state index contributed by atoms with van der Waals surface area (Å²) in [5, 5.41) is 5.29. The van der Waals surface area contributed by atoms with Gasteiger partial charge in [-0.05, 0) is 38.1 Å². The van der Waals surface area contributed by atoms with E-state index in [-0.39, 0.29) is 0 Å². The van der Waals surface area contributed by atoms with Crippen molar-refractivity contribution in [3.63, 3.8) is 0 Å². The van der Waals surface area contributed by atoms with Gasteiger partial charge in [0, 0.05) is 22.5 Å². The van der Waals surface area contributed by atoms with Crippen molar-refractivity contribution in [2.24, 2.45) is 0 Å². The van der Waals surface area contributed by atoms with Gasteiger partial charge in [0.1, 0.15) is 0 Å². The number of para-hydroxylation sites is 1. The Morgan fingerprint density at radius 3 is 2.43 bits per heavy atom. The van der Waals surface area contributed by atoms with Gasteiger partial charge in [-0.3, -0.25) is 0 Å². The van der Waals surface area contributed by atoms with Crippen LogP contribution in [0.4, 0.5) is 5.69 Å². The van der Waals surface area contributed by atoms with E-state index in [1.54, 1.807) is 6.07 Å². The third kappa shape index (κ3) is 2.41. The third-order valence-electron chi connectivity index (χ3n) is 3.55. The molecule has 0 saturated carbocycles. The van der Waals surface area contributed by atoms with Crippen LogP contribution in [0.2, 0.25) is 5.02 Å². The van der Waals surface area contributed by atoms with E-state index < -0.39 is 0 Å². The number of aromatic nitrogens is 2. The van der Waals surface area contributed by atoms with E-state index in [0.29, 0.717) is 10.7 Å². The van der Waals surface area contributed by atoms with Gasteiger partial charge in [0.05, 0.1) is 16.4 Å². The highest BCUT2D eigenvalue weighted by atomic mass is 35.5. The first-order chi connectivity index (χ1) is 10.1. The SMILES string of the molecule is Cc1nn(-c2ccccc2)c(C)c1-c1ccc(N)cc1Cl. The van der Waals surface area contributed by atoms with Crippen LogP contribution in [0.5, 0.6) is 0 Å². The molecular formula is C17H16ClN3. The van der Waals surface area contributed by atoms with E-state index in [4.69, 9.17) is 17.3 Å². The van der Waals surface area contributed by atoms with Crippen LogP contribution in [0.1, 0.15) is 11.4 Å². The van der Waals surface area contributed by atoms with Crippen molar-refractivity contribution in [1.29, 1.82) is 0 Å². The van der Waals surface area contributed by atoms with E-state index in [9.17, 15) is 0 Å². The predicted molar refractivity (Wildman–Crippen MR) is 87.9 cm³/mol. The van der Waals surface area contributed by atoms with Crippen LogP contribution in [0.3, 0.4) is 0 Å². The van der Waals surface area contributed by atoms with Gasteiger partial charge in [-0.25, -0.2) is 4.68 Å². The highest BCUT2D eigenvalue weighted by Gasteiger charge is 2.16. The molecule has 0 fully saturated rings. The minimum atomic E-state index is 0.647. The Bertz CT molecular complexity index is 791. The number of hydrogen-bond acceptors (Lipinski definition) is 2. The monoisotopic (exact) mass is 297 g/mol. The van der Waals surface area contributed by atoms with Crippen molar-refractivity contribution in [2.75, 3.05) is 5.73 Å². The first-order valence-corrected chi connectivity index (χ1v) is 7.13. The largest absolute Gasteiger partial charge is 0.399 e. The molecule has 106 valence electrons. The number of aryl methyl sites for hydroxylation is 1. The topological polar surface area (TPSA) is 43.8 Å². The van der Waals surface area contributed by atoms with Gasteiger partial charge in [0.25, 0.3) is 0 Å². The smallest absolute Gasteiger partial charge is 0.0679 e. The molecule has 1 heterocycles. The minimum Gasteiger partial charge on any atom is -0.399 e. The van der Waals surface area contributed by atoms with Crippen LogP contribution in [0.25, 0.3) is 16.8 Å². The molecule has 3 nitrogen and oxygen atoms in total. The fourth-order valence-corrected chi connectivity index (χ4v) is 2.87. The van der Waals surface area contributed by atoms with Crippen LogP contribution in [-0.4, -0.2) is 9.78 Å². The highest BCUT2D eigenvalue weighted by Crippen LogP contribution is 2.34. The molecular weight excluding hydrogens is 282 g/mol. The number of nitrogens with two attached hydrogens (primary N) is 1. The lowest BCUT2D eigenvalue weighted by Crippen LogP contribution is -1.98. The summed E-state index contributed by atoms with van der Waals surface area (Å²) < 4.78 is 1.94. The second-order valence-corrected chi connectivity index (χ2v) is 5.44. The molecule has 21 heavy (non-hydrogen) atoms. The average Bonchev–Trinajstić information content (AvgIpc) is 2.76. The number of rotatable bonds is 2. The van der Waals surface area contributed by atoms with E-state index in [1.807, 2.05) is 54.1 Å². The molecule has 2 N–H and O–H groups in total. The summed E-state index contributed by atoms with van der Waals surface area (Å²) in [6.45, 7) is 4.05. The van der Waals surface area contributed by atoms with Crippen molar-refractivity contribution in [1.82, 2.24) is 9.78 Å². The van der Waals surface area contributed by atoms with Crippen LogP contribution in [0.15, 0.2) is 48.5 Å². The molecule has 1 aromatic heterocycles. The number of halogens is 1. The van der Waals surface area contributed by atoms with Crippen molar-refractivity contribution in [3.05, 3.63) is 64.9 Å². The van der Waals surface area contributed by atoms with Gasteiger partial charge in [0.2, 0.25) is 0 Å². The van der Waals surface area contributed by atoms with Gasteiger partial charge >= 0.3 is 0 Å². The molecule has 0 bridgehead atoms. The third-order valence-corrected chi connectivity index (χ3v) is 3.87. The molecule has 0 aliphatic heterocycles. The fourth-order valence-electron chi connectivity index (χ4n) is 2.59. The van der Waals surface area contributed by atoms with Crippen molar-refractivity contribution in [3.8, 4) is 16.8 Å². The Kier molecular flexibility index (Phi) is 3.43. The molecule has 0 radical (unpaired) electrons. The molecule has 2 aromatic carbocycles. The van der Waals surface area contributed by atoms with Gasteiger partial charge in [-0.1, -0.05) is 35.9 Å². The molecule has 0 atom stereocenters. The van der Waals surface area contributed by atoms with Crippen molar-refractivity contribution >= 4 is 17.3 Å². The molecule has 0 unspecified atom stereocenters. The van der Waals surface area contributed by atoms with E-state index in [0.717, 1.165) is 28.2 Å². The summed E-state index contributed by atoms with van der Waals surface area (Å²) in [5.74, 6) is 0. The zero-order chi connectivity index (χ0) is 15.0. The zero-order valence-electron chi connectivity index (χ0n) is 12.0. The lowest BCUT2D eigenvalue weighted by Gasteiger charge is -2.07. The van der Waals surface area contributed by atoms with Crippen LogP contribution in [0, 0.1) is 13.8 Å². The summed E-state index contributed by atoms with van der Waals surface area (Å²) >= 11 is 6.35. The second kappa shape index (κ2) is 5.26. The molecule has 0 aliphatic rings. The predicted octanol–water partition coefficient (Wildman–Crippen LogP) is 4.39. The number of nitrogen functional groups attached to an aromatic ring is 1. The maximum Gasteiger partial charge on any atom is 0.0679 e. The van der Waals surface area contributed by atoms with E-state index >= 15 is 0 Å². The normalized spacial score (nSPS) is 10.8. The maximum atomic E-state index is 6.35. The van der Waals surface area contributed by atoms with Crippen LogP contribution < -0.4 is 5.73 Å². The molecule has 0 saturated heterocycles. The number of benzene rings is 2. The first-order valence-electron chi connectivity index (χ1n) is 6.75. The number of anilines is 1. The van der Waals surface area contributed by atoms with Crippen molar-refractivity contribution in [2.45, 2.75) is 13.8 Å². The van der Waals surface area contributed by atoms with Crippen LogP contribution >= 0.6 is 11.6 Å². The summed E-state index contributed by atoms with van der Waals surface area (Å²) in [5.41, 5.74) is 11.5. The standard InChI is InChI=1S/C17H16ClN3/c1-11-17(15-9-8-13(19)10-16(15)18)12(2)21(20-11)14-6-4-3-5-7-14/h3-10H,19H2,1-2H3. The van der Waals surface area contributed by atoms with Gasteiger partial charge < -0.3 is 5.73 Å². The van der Waals surface area contributed by atoms with E-state index in [1.165, 1.54) is 0 Å². The molecule has 0 amide bonds. The lowest BCUT2D eigenvalue weighted by atomic mass is 10.0. The summed E-state index contributed by atoms with van der Waals surface area (Å²) in [7, 11) is 0. The number of nitrogens with zero attached hydrogens (tertiary/aromatic N) is 2. The van der Waals surface area contributed by atoms with Crippen LogP contribution in [-0.2, 0) is 0 Å². The summed E-state index contributed by atoms with van der Waals surface area (Å²) in [4.78, 5) is 0. The maximum absolute atomic E-state index is 6.35. The Labute approximate surface area is 129 Å². The molecule has 0 aliphatic carbocycles. The summed E-state index contributed by atoms with van der Waals surface area (Å²) in [6.07, 6.45) is 0. The zero-order valence-corrected chi connectivity index (χ0v) is 12.7. The second-order valence-electron chi connectivity index (χ2n) is 5.03. The molecule has 3 aromatic rings. The Morgan fingerprint density at radius 1 is 1.05 bits per heavy atom. The molecule has 0 spiro atoms. The fraction of sp³-hybridized carbons (Fsp3) is 0.118. The summed E-state index contributed by atoms with van der Waals surface area (Å²) in [6, 6.07) is 15.7. The minimum absolute atomic E-state index is 0.647. The van der Waals surface area contributed by atoms with Gasteiger partial charge in [0.15, 0.2) is 0 Å². The first kappa shape index (κ1) is 13.7. The van der Waals surface area contributed by atoms with Crippen molar-refractivity contribution < 1.29 is 0 Å². The lowest BCUT2D eigenvalue weighted by molar-refractivity contribution is 0.834. The Morgan fingerprint density at radius 2 is 1.76 bits per heavy atom. The van der Waals surface area contributed by atoms with Gasteiger partial charge in [-0.15, -0.1) is 0 Å². The highest BCUT2D eigenvalue weighted by molar-refractivity contribution is 6.33. The average molecular weight is 298 g/mol. The van der Waals surface area contributed by atoms with Gasteiger partial charge in [-0.2, -0.15) is 5.10 Å². The Balaban J connectivity index is 2.19. The Hall–Kier alpha value is -2.26. The van der Waals surface area contributed by atoms with E-state index in [2.05, 4.69) is 12.0 Å². The molecule has 3 rings (SSSR count).